The van der Waals surface area contributed by atoms with Crippen LogP contribution in [0.4, 0.5) is 0 Å². The van der Waals surface area contributed by atoms with E-state index in [0.29, 0.717) is 32.1 Å². The number of hydrazine groups is 1. The molecule has 0 atom stereocenters. The maximum atomic E-state index is 11.9. The second-order valence-electron chi connectivity index (χ2n) is 5.30. The van der Waals surface area contributed by atoms with Crippen LogP contribution in [0.3, 0.4) is 0 Å². The SMILES string of the molecule is CC(C)(C)c1nc(C(=O)NN2CCOCC2)n[nH]1. The van der Waals surface area contributed by atoms with Crippen LogP contribution in [-0.4, -0.2) is 52.4 Å². The van der Waals surface area contributed by atoms with Gasteiger partial charge in [-0.1, -0.05) is 20.8 Å². The molecular formula is C11H19N5O2. The highest BCUT2D eigenvalue weighted by molar-refractivity contribution is 5.89. The van der Waals surface area contributed by atoms with Crippen LogP contribution in [0.15, 0.2) is 0 Å². The Morgan fingerprint density at radius 3 is 2.61 bits per heavy atom. The molecule has 1 fully saturated rings. The van der Waals surface area contributed by atoms with E-state index in [1.807, 2.05) is 25.8 Å². The number of carbonyl (C=O) groups excluding carboxylic acids is 1. The smallest absolute Gasteiger partial charge is 0.305 e. The van der Waals surface area contributed by atoms with Gasteiger partial charge in [-0.15, -0.1) is 5.10 Å². The van der Waals surface area contributed by atoms with Gasteiger partial charge in [0.15, 0.2) is 0 Å². The van der Waals surface area contributed by atoms with Crippen LogP contribution >= 0.6 is 0 Å². The zero-order valence-corrected chi connectivity index (χ0v) is 11.0. The van der Waals surface area contributed by atoms with E-state index >= 15 is 0 Å². The van der Waals surface area contributed by atoms with Crippen molar-refractivity contribution in [2.75, 3.05) is 26.3 Å². The minimum atomic E-state index is -0.288. The van der Waals surface area contributed by atoms with E-state index in [4.69, 9.17) is 4.74 Å². The second-order valence-corrected chi connectivity index (χ2v) is 5.30. The van der Waals surface area contributed by atoms with Gasteiger partial charge in [0.05, 0.1) is 13.2 Å². The van der Waals surface area contributed by atoms with Crippen molar-refractivity contribution in [3.8, 4) is 0 Å². The van der Waals surface area contributed by atoms with Gasteiger partial charge in [-0.2, -0.15) is 0 Å². The summed E-state index contributed by atoms with van der Waals surface area (Å²) in [6, 6.07) is 0. The number of nitrogens with one attached hydrogen (secondary N) is 2. The lowest BCUT2D eigenvalue weighted by atomic mass is 9.96. The van der Waals surface area contributed by atoms with E-state index < -0.39 is 0 Å². The van der Waals surface area contributed by atoms with E-state index in [1.165, 1.54) is 0 Å². The number of hydrogen-bond acceptors (Lipinski definition) is 5. The Balaban J connectivity index is 1.98. The van der Waals surface area contributed by atoms with Crippen LogP contribution in [0.2, 0.25) is 0 Å². The topological polar surface area (TPSA) is 83.1 Å². The molecule has 1 aromatic rings. The average Bonchev–Trinajstić information content (AvgIpc) is 2.79. The molecule has 0 aromatic carbocycles. The molecule has 2 heterocycles. The number of carbonyl (C=O) groups is 1. The molecule has 1 aliphatic rings. The highest BCUT2D eigenvalue weighted by atomic mass is 16.5. The number of morpholine rings is 1. The van der Waals surface area contributed by atoms with E-state index in [2.05, 4.69) is 20.6 Å². The van der Waals surface area contributed by atoms with Crippen LogP contribution in [0.25, 0.3) is 0 Å². The van der Waals surface area contributed by atoms with E-state index in [1.54, 1.807) is 0 Å². The standard InChI is InChI=1S/C11H19N5O2/c1-11(2,3)10-12-8(13-14-10)9(17)15-16-4-6-18-7-5-16/h4-7H2,1-3H3,(H,15,17)(H,12,13,14). The summed E-state index contributed by atoms with van der Waals surface area (Å²) >= 11 is 0. The van der Waals surface area contributed by atoms with Crippen LogP contribution in [0.5, 0.6) is 0 Å². The average molecular weight is 253 g/mol. The number of rotatable bonds is 2. The van der Waals surface area contributed by atoms with Gasteiger partial charge >= 0.3 is 5.91 Å². The van der Waals surface area contributed by atoms with Gasteiger partial charge in [0.1, 0.15) is 5.82 Å². The van der Waals surface area contributed by atoms with E-state index in [9.17, 15) is 4.79 Å². The Bertz CT molecular complexity index is 417. The minimum absolute atomic E-state index is 0.148. The Hall–Kier alpha value is -1.47. The first-order valence-corrected chi connectivity index (χ1v) is 6.03. The third-order valence-corrected chi connectivity index (χ3v) is 2.67. The molecule has 0 bridgehead atoms. The largest absolute Gasteiger partial charge is 0.379 e. The number of amides is 1. The van der Waals surface area contributed by atoms with Crippen molar-refractivity contribution >= 4 is 5.91 Å². The van der Waals surface area contributed by atoms with Crippen molar-refractivity contribution in [1.82, 2.24) is 25.6 Å². The summed E-state index contributed by atoms with van der Waals surface area (Å²) in [5, 5.41) is 8.56. The summed E-state index contributed by atoms with van der Waals surface area (Å²) in [6.45, 7) is 8.65. The maximum absolute atomic E-state index is 11.9. The number of H-pyrrole nitrogens is 1. The number of hydrogen-bond donors (Lipinski definition) is 2. The van der Waals surface area contributed by atoms with Gasteiger partial charge < -0.3 is 4.74 Å². The molecule has 1 aliphatic heterocycles. The Labute approximate surface area is 106 Å². The fourth-order valence-electron chi connectivity index (χ4n) is 1.57. The van der Waals surface area contributed by atoms with Crippen molar-refractivity contribution in [2.24, 2.45) is 0 Å². The quantitative estimate of drug-likeness (QED) is 0.780. The van der Waals surface area contributed by atoms with Crippen LogP contribution < -0.4 is 5.43 Å². The summed E-state index contributed by atoms with van der Waals surface area (Å²) in [5.41, 5.74) is 2.62. The molecule has 7 nitrogen and oxygen atoms in total. The van der Waals surface area contributed by atoms with Gasteiger partial charge in [0.2, 0.25) is 5.82 Å². The third-order valence-electron chi connectivity index (χ3n) is 2.67. The van der Waals surface area contributed by atoms with Crippen LogP contribution in [0.1, 0.15) is 37.2 Å². The fourth-order valence-corrected chi connectivity index (χ4v) is 1.57. The van der Waals surface area contributed by atoms with Gasteiger partial charge in [0.25, 0.3) is 0 Å². The molecule has 7 heteroatoms. The number of ether oxygens (including phenoxy) is 1. The van der Waals surface area contributed by atoms with Crippen molar-refractivity contribution < 1.29 is 9.53 Å². The molecule has 1 saturated heterocycles. The first kappa shape index (κ1) is 13.0. The minimum Gasteiger partial charge on any atom is -0.379 e. The molecule has 0 unspecified atom stereocenters. The van der Waals surface area contributed by atoms with Crippen molar-refractivity contribution in [3.05, 3.63) is 11.6 Å². The van der Waals surface area contributed by atoms with Gasteiger partial charge in [-0.25, -0.2) is 9.99 Å². The summed E-state index contributed by atoms with van der Waals surface area (Å²) in [6.07, 6.45) is 0. The summed E-state index contributed by atoms with van der Waals surface area (Å²) in [5.74, 6) is 0.588. The zero-order chi connectivity index (χ0) is 13.2. The first-order valence-electron chi connectivity index (χ1n) is 6.03. The third kappa shape index (κ3) is 3.05. The highest BCUT2D eigenvalue weighted by Gasteiger charge is 2.22. The highest BCUT2D eigenvalue weighted by Crippen LogP contribution is 2.17. The Kier molecular flexibility index (Phi) is 3.63. The van der Waals surface area contributed by atoms with E-state index in [-0.39, 0.29) is 17.1 Å². The molecule has 1 amide bonds. The maximum Gasteiger partial charge on any atom is 0.305 e. The normalized spacial score (nSPS) is 17.7. The molecule has 2 N–H and O–H groups in total. The summed E-state index contributed by atoms with van der Waals surface area (Å²) in [4.78, 5) is 16.1. The Morgan fingerprint density at radius 2 is 2.06 bits per heavy atom. The Morgan fingerprint density at radius 1 is 1.39 bits per heavy atom. The molecule has 0 aliphatic carbocycles. The van der Waals surface area contributed by atoms with Crippen LogP contribution in [0, 0.1) is 0 Å². The van der Waals surface area contributed by atoms with Crippen LogP contribution in [-0.2, 0) is 10.2 Å². The molecular weight excluding hydrogens is 234 g/mol. The molecule has 2 rings (SSSR count). The van der Waals surface area contributed by atoms with E-state index in [0.717, 1.165) is 0 Å². The number of nitrogens with zero attached hydrogens (tertiary/aromatic N) is 3. The molecule has 100 valence electrons. The molecule has 18 heavy (non-hydrogen) atoms. The predicted molar refractivity (Wildman–Crippen MR) is 64.9 cm³/mol. The number of aromatic amines is 1. The molecule has 0 spiro atoms. The van der Waals surface area contributed by atoms with Gasteiger partial charge in [-0.05, 0) is 0 Å². The summed E-state index contributed by atoms with van der Waals surface area (Å²) in [7, 11) is 0. The van der Waals surface area contributed by atoms with Gasteiger partial charge in [0, 0.05) is 18.5 Å². The predicted octanol–water partition coefficient (Wildman–Crippen LogP) is 0.0792. The fraction of sp³-hybridized carbons (Fsp3) is 0.727. The zero-order valence-electron chi connectivity index (χ0n) is 11.0. The van der Waals surface area contributed by atoms with Crippen molar-refractivity contribution in [2.45, 2.75) is 26.2 Å². The molecule has 1 aromatic heterocycles. The second kappa shape index (κ2) is 5.03. The lowest BCUT2D eigenvalue weighted by molar-refractivity contribution is 0.0123. The number of aromatic nitrogens is 3. The first-order chi connectivity index (χ1) is 8.47. The molecule has 0 saturated carbocycles. The lowest BCUT2D eigenvalue weighted by Gasteiger charge is -2.26. The van der Waals surface area contributed by atoms with Gasteiger partial charge in [-0.3, -0.25) is 15.3 Å². The van der Waals surface area contributed by atoms with Crippen molar-refractivity contribution in [3.63, 3.8) is 0 Å². The molecule has 0 radical (unpaired) electrons. The van der Waals surface area contributed by atoms with Crippen molar-refractivity contribution in [1.29, 1.82) is 0 Å². The summed E-state index contributed by atoms with van der Waals surface area (Å²) < 4.78 is 5.21. The lowest BCUT2D eigenvalue weighted by Crippen LogP contribution is -2.48. The monoisotopic (exact) mass is 253 g/mol.